The van der Waals surface area contributed by atoms with Gasteiger partial charge in [-0.3, -0.25) is 0 Å². The van der Waals surface area contributed by atoms with E-state index in [2.05, 4.69) is 33.9 Å². The molecule has 25 heavy (non-hydrogen) atoms. The monoisotopic (exact) mass is 436 g/mol. The molecule has 0 saturated carbocycles. The van der Waals surface area contributed by atoms with Crippen molar-refractivity contribution < 1.29 is 5.11 Å². The number of rotatable bonds is 5. The van der Waals surface area contributed by atoms with Crippen LogP contribution in [0.3, 0.4) is 0 Å². The zero-order valence-electron chi connectivity index (χ0n) is 14.0. The standard InChI is InChI=1S/C19H18BrClN2OS/c1-3-14-11(2)22-19(17-6-7-18(21)25-17)23-16(14)9-12-4-5-15(20)13(8-12)10-24/h4-8,24H,3,9-10H2,1-2H3. The lowest BCUT2D eigenvalue weighted by atomic mass is 10.0. The zero-order chi connectivity index (χ0) is 18.0. The SMILES string of the molecule is CCc1c(C)nc(-c2ccc(Cl)s2)nc1Cc1ccc(Br)c(CO)c1. The summed E-state index contributed by atoms with van der Waals surface area (Å²) in [7, 11) is 0. The molecule has 0 aliphatic rings. The number of benzene rings is 1. The molecular weight excluding hydrogens is 420 g/mol. The van der Waals surface area contributed by atoms with Crippen LogP contribution in [0.15, 0.2) is 34.8 Å². The van der Waals surface area contributed by atoms with Gasteiger partial charge in [0.2, 0.25) is 0 Å². The Bertz CT molecular complexity index is 910. The van der Waals surface area contributed by atoms with Crippen molar-refractivity contribution in [2.24, 2.45) is 0 Å². The molecule has 130 valence electrons. The summed E-state index contributed by atoms with van der Waals surface area (Å²) in [6.45, 7) is 4.16. The number of hydrogen-bond acceptors (Lipinski definition) is 4. The van der Waals surface area contributed by atoms with Crippen molar-refractivity contribution in [2.75, 3.05) is 0 Å². The highest BCUT2D eigenvalue weighted by atomic mass is 79.9. The highest BCUT2D eigenvalue weighted by Crippen LogP contribution is 2.30. The van der Waals surface area contributed by atoms with Crippen LogP contribution in [0.1, 0.15) is 35.0 Å². The van der Waals surface area contributed by atoms with E-state index in [-0.39, 0.29) is 6.61 Å². The Morgan fingerprint density at radius 3 is 2.64 bits per heavy atom. The Morgan fingerprint density at radius 1 is 1.20 bits per heavy atom. The Morgan fingerprint density at radius 2 is 2.00 bits per heavy atom. The van der Waals surface area contributed by atoms with Crippen molar-refractivity contribution in [1.29, 1.82) is 0 Å². The van der Waals surface area contributed by atoms with Gasteiger partial charge in [0.05, 0.1) is 21.5 Å². The lowest BCUT2D eigenvalue weighted by molar-refractivity contribution is 0.281. The number of halogens is 2. The normalized spacial score (nSPS) is 11.1. The predicted octanol–water partition coefficient (Wildman–Crippen LogP) is 5.57. The van der Waals surface area contributed by atoms with Gasteiger partial charge in [-0.05, 0) is 48.2 Å². The molecule has 0 unspecified atom stereocenters. The van der Waals surface area contributed by atoms with Crippen LogP contribution in [-0.4, -0.2) is 15.1 Å². The van der Waals surface area contributed by atoms with Crippen LogP contribution < -0.4 is 0 Å². The third-order valence-corrected chi connectivity index (χ3v) is 6.10. The van der Waals surface area contributed by atoms with Gasteiger partial charge in [0.1, 0.15) is 0 Å². The number of aliphatic hydroxyl groups excluding tert-OH is 1. The maximum absolute atomic E-state index is 9.48. The first kappa shape index (κ1) is 18.5. The molecule has 3 aromatic rings. The van der Waals surface area contributed by atoms with E-state index in [0.29, 0.717) is 6.42 Å². The molecule has 6 heteroatoms. The van der Waals surface area contributed by atoms with E-state index in [4.69, 9.17) is 16.6 Å². The second kappa shape index (κ2) is 7.96. The maximum atomic E-state index is 9.48. The number of thiophene rings is 1. The van der Waals surface area contributed by atoms with Crippen LogP contribution >= 0.6 is 38.9 Å². The van der Waals surface area contributed by atoms with Crippen molar-refractivity contribution in [2.45, 2.75) is 33.3 Å². The van der Waals surface area contributed by atoms with Gasteiger partial charge in [-0.1, -0.05) is 46.6 Å². The number of nitrogens with zero attached hydrogens (tertiary/aromatic N) is 2. The van der Waals surface area contributed by atoms with E-state index in [0.717, 1.165) is 48.4 Å². The van der Waals surface area contributed by atoms with Crippen molar-refractivity contribution in [3.8, 4) is 10.7 Å². The molecule has 1 aromatic carbocycles. The van der Waals surface area contributed by atoms with Crippen molar-refractivity contribution >= 4 is 38.9 Å². The van der Waals surface area contributed by atoms with Gasteiger partial charge in [-0.25, -0.2) is 9.97 Å². The average Bonchev–Trinajstić information content (AvgIpc) is 3.03. The zero-order valence-corrected chi connectivity index (χ0v) is 17.2. The van der Waals surface area contributed by atoms with Crippen LogP contribution in [0.2, 0.25) is 4.34 Å². The summed E-state index contributed by atoms with van der Waals surface area (Å²) in [5.41, 5.74) is 5.22. The first-order valence-corrected chi connectivity index (χ1v) is 10.0. The van der Waals surface area contributed by atoms with Crippen molar-refractivity contribution in [3.05, 3.63) is 67.2 Å². The summed E-state index contributed by atoms with van der Waals surface area (Å²) in [5.74, 6) is 0.723. The lowest BCUT2D eigenvalue weighted by Crippen LogP contribution is -2.06. The first-order chi connectivity index (χ1) is 12.0. The molecule has 2 aromatic heterocycles. The molecule has 0 radical (unpaired) electrons. The number of hydrogen-bond donors (Lipinski definition) is 1. The van der Waals surface area contributed by atoms with Gasteiger partial charge in [0.15, 0.2) is 5.82 Å². The third-order valence-electron chi connectivity index (χ3n) is 4.10. The van der Waals surface area contributed by atoms with Gasteiger partial charge >= 0.3 is 0 Å². The summed E-state index contributed by atoms with van der Waals surface area (Å²) in [4.78, 5) is 10.5. The van der Waals surface area contributed by atoms with E-state index >= 15 is 0 Å². The summed E-state index contributed by atoms with van der Waals surface area (Å²) in [6.07, 6.45) is 1.59. The summed E-state index contributed by atoms with van der Waals surface area (Å²) < 4.78 is 1.65. The van der Waals surface area contributed by atoms with E-state index in [1.54, 1.807) is 0 Å². The largest absolute Gasteiger partial charge is 0.392 e. The van der Waals surface area contributed by atoms with E-state index < -0.39 is 0 Å². The fourth-order valence-electron chi connectivity index (χ4n) is 2.86. The minimum absolute atomic E-state index is 0.0107. The van der Waals surface area contributed by atoms with Gasteiger partial charge < -0.3 is 5.11 Å². The molecule has 0 saturated heterocycles. The Kier molecular flexibility index (Phi) is 5.89. The van der Waals surface area contributed by atoms with Crippen LogP contribution in [0, 0.1) is 6.92 Å². The Labute approximate surface area is 164 Å². The molecule has 1 N–H and O–H groups in total. The summed E-state index contributed by atoms with van der Waals surface area (Å²) >= 11 is 11.0. The molecule has 0 aliphatic carbocycles. The lowest BCUT2D eigenvalue weighted by Gasteiger charge is -2.13. The summed E-state index contributed by atoms with van der Waals surface area (Å²) in [5, 5.41) is 9.48. The van der Waals surface area contributed by atoms with Gasteiger partial charge in [-0.15, -0.1) is 11.3 Å². The predicted molar refractivity (Wildman–Crippen MR) is 107 cm³/mol. The first-order valence-electron chi connectivity index (χ1n) is 8.02. The van der Waals surface area contributed by atoms with Crippen LogP contribution in [0.4, 0.5) is 0 Å². The number of aryl methyl sites for hydroxylation is 1. The van der Waals surface area contributed by atoms with Crippen molar-refractivity contribution in [1.82, 2.24) is 9.97 Å². The van der Waals surface area contributed by atoms with Gasteiger partial charge in [0, 0.05) is 16.6 Å². The minimum atomic E-state index is 0.0107. The molecule has 0 fully saturated rings. The minimum Gasteiger partial charge on any atom is -0.392 e. The molecule has 0 aliphatic heterocycles. The smallest absolute Gasteiger partial charge is 0.169 e. The molecule has 0 atom stereocenters. The Balaban J connectivity index is 2.03. The molecular formula is C19H18BrClN2OS. The second-order valence-electron chi connectivity index (χ2n) is 5.78. The molecule has 3 rings (SSSR count). The number of aliphatic hydroxyl groups is 1. The molecule has 0 spiro atoms. The third kappa shape index (κ3) is 4.11. The average molecular weight is 438 g/mol. The van der Waals surface area contributed by atoms with Crippen LogP contribution in [-0.2, 0) is 19.4 Å². The highest BCUT2D eigenvalue weighted by molar-refractivity contribution is 9.10. The van der Waals surface area contributed by atoms with E-state index in [1.807, 2.05) is 31.2 Å². The molecule has 0 amide bonds. The van der Waals surface area contributed by atoms with E-state index in [1.165, 1.54) is 16.9 Å². The van der Waals surface area contributed by atoms with Crippen LogP contribution in [0.5, 0.6) is 0 Å². The molecule has 2 heterocycles. The quantitative estimate of drug-likeness (QED) is 0.567. The molecule has 0 bridgehead atoms. The van der Waals surface area contributed by atoms with Gasteiger partial charge in [0.25, 0.3) is 0 Å². The van der Waals surface area contributed by atoms with Gasteiger partial charge in [-0.2, -0.15) is 0 Å². The highest BCUT2D eigenvalue weighted by Gasteiger charge is 2.14. The summed E-state index contributed by atoms with van der Waals surface area (Å²) in [6, 6.07) is 9.88. The molecule has 3 nitrogen and oxygen atoms in total. The fourth-order valence-corrected chi connectivity index (χ4v) is 4.21. The second-order valence-corrected chi connectivity index (χ2v) is 8.35. The van der Waals surface area contributed by atoms with Crippen molar-refractivity contribution in [3.63, 3.8) is 0 Å². The number of aromatic nitrogens is 2. The fraction of sp³-hybridized carbons (Fsp3) is 0.263. The van der Waals surface area contributed by atoms with E-state index in [9.17, 15) is 5.11 Å². The topological polar surface area (TPSA) is 46.0 Å². The van der Waals surface area contributed by atoms with Crippen LogP contribution in [0.25, 0.3) is 10.7 Å². The maximum Gasteiger partial charge on any atom is 0.169 e. The Hall–Kier alpha value is -1.27.